The maximum absolute atomic E-state index is 13.4. The van der Waals surface area contributed by atoms with Crippen LogP contribution in [0.15, 0.2) is 90.2 Å². The number of hydrogen-bond acceptors (Lipinski definition) is 16. The number of aromatic hydroxyl groups is 2. The second-order valence-electron chi connectivity index (χ2n) is 18.0. The van der Waals surface area contributed by atoms with E-state index in [1.807, 2.05) is 50.5 Å². The van der Waals surface area contributed by atoms with Gasteiger partial charge in [-0.05, 0) is 112 Å². The Morgan fingerprint density at radius 3 is 2.35 bits per heavy atom. The summed E-state index contributed by atoms with van der Waals surface area (Å²) >= 11 is 0. The third-order valence-electron chi connectivity index (χ3n) is 12.3. The minimum absolute atomic E-state index is 0.00785. The van der Waals surface area contributed by atoms with E-state index in [1.165, 1.54) is 30.1 Å². The number of hydrogen-bond donors (Lipinski definition) is 5. The van der Waals surface area contributed by atoms with Crippen molar-refractivity contribution in [3.8, 4) is 45.8 Å². The summed E-state index contributed by atoms with van der Waals surface area (Å²) < 4.78 is 21.1. The van der Waals surface area contributed by atoms with E-state index in [2.05, 4.69) is 35.8 Å². The molecular formula is C53H58N12O9. The topological polar surface area (TPSA) is 276 Å². The number of phenols is 2. The molecule has 0 radical (unpaired) electrons. The van der Waals surface area contributed by atoms with E-state index in [-0.39, 0.29) is 76.6 Å². The van der Waals surface area contributed by atoms with E-state index < -0.39 is 17.9 Å². The summed E-state index contributed by atoms with van der Waals surface area (Å²) in [6.45, 7) is 11.5. The van der Waals surface area contributed by atoms with Gasteiger partial charge in [-0.15, -0.1) is 10.2 Å². The van der Waals surface area contributed by atoms with Crippen LogP contribution in [0.5, 0.6) is 28.7 Å². The van der Waals surface area contributed by atoms with Crippen molar-refractivity contribution in [3.05, 3.63) is 119 Å². The number of nitrogen functional groups attached to an aromatic ring is 1. The first-order valence-corrected chi connectivity index (χ1v) is 24.3. The van der Waals surface area contributed by atoms with Gasteiger partial charge in [0, 0.05) is 73.7 Å². The molecule has 384 valence electrons. The molecule has 8 rings (SSSR count). The van der Waals surface area contributed by atoms with Crippen molar-refractivity contribution >= 4 is 46.4 Å². The Kier molecular flexibility index (Phi) is 15.8. The molecule has 0 spiro atoms. The third kappa shape index (κ3) is 11.3. The monoisotopic (exact) mass is 1010 g/mol. The Hall–Kier alpha value is -8.88. The molecule has 0 bridgehead atoms. The van der Waals surface area contributed by atoms with E-state index in [9.17, 15) is 29.4 Å². The third-order valence-corrected chi connectivity index (χ3v) is 12.3. The number of carbonyl (C=O) groups is 4. The SMILES string of the molecule is CCNC(=O)c1nnc(-c2cc(C(C)C)c(O)cc2O)n1-c1ccc(C(=O)CCCc2ccc(OC(=O)N(CCCOc3ccc4c5n(c(=NC(=O)c6cnc(N)nc6)nc4c3OC)CCN5)C(C)C)cc2)cc1. The standard InChI is InChI=1S/C53H58N12O9/c1-7-55-50(70)48-62-61-47(39-26-38(30(2)3)41(67)27-42(39)68)65(48)35-16-14-33(15-17-35)40(66)11-8-10-32-12-18-36(19-13-32)74-53(71)63(31(4)5)23-9-25-73-43-21-20-37-44(45(43)72-6)59-52(64-24-22-56-46(37)64)60-49(69)34-28-57-51(54)58-29-34/h12-21,26-31,56,67-68H,7-11,22-25H2,1-6H3,(H,55,70)(H2,54,57,58). The minimum Gasteiger partial charge on any atom is -0.508 e. The average Bonchev–Trinajstić information content (AvgIpc) is 4.06. The molecule has 0 aliphatic carbocycles. The van der Waals surface area contributed by atoms with Crippen LogP contribution in [0.4, 0.5) is 16.6 Å². The van der Waals surface area contributed by atoms with Gasteiger partial charge in [-0.2, -0.15) is 4.99 Å². The van der Waals surface area contributed by atoms with Crippen molar-refractivity contribution in [2.75, 3.05) is 44.4 Å². The molecule has 4 aromatic carbocycles. The largest absolute Gasteiger partial charge is 0.508 e. The van der Waals surface area contributed by atoms with E-state index in [4.69, 9.17) is 24.9 Å². The zero-order valence-electron chi connectivity index (χ0n) is 42.0. The van der Waals surface area contributed by atoms with E-state index in [0.717, 1.165) is 16.8 Å². The Morgan fingerprint density at radius 2 is 1.66 bits per heavy atom. The Bertz CT molecular complexity index is 3280. The molecular weight excluding hydrogens is 949 g/mol. The fourth-order valence-electron chi connectivity index (χ4n) is 8.53. The van der Waals surface area contributed by atoms with Gasteiger partial charge in [-0.3, -0.25) is 23.5 Å². The highest BCUT2D eigenvalue weighted by Gasteiger charge is 2.26. The second-order valence-corrected chi connectivity index (χ2v) is 18.0. The van der Waals surface area contributed by atoms with Crippen LogP contribution in [-0.2, 0) is 13.0 Å². The number of anilines is 2. The van der Waals surface area contributed by atoms with Crippen LogP contribution >= 0.6 is 0 Å². The van der Waals surface area contributed by atoms with Gasteiger partial charge >= 0.3 is 6.09 Å². The highest BCUT2D eigenvalue weighted by atomic mass is 16.6. The maximum Gasteiger partial charge on any atom is 0.415 e. The number of methoxy groups -OCH3 is 1. The van der Waals surface area contributed by atoms with E-state index in [0.29, 0.717) is 85.0 Å². The number of ketones is 1. The van der Waals surface area contributed by atoms with Gasteiger partial charge in [0.05, 0.1) is 24.8 Å². The predicted molar refractivity (Wildman–Crippen MR) is 275 cm³/mol. The molecule has 21 nitrogen and oxygen atoms in total. The number of carbonyl (C=O) groups excluding carboxylic acids is 4. The van der Waals surface area contributed by atoms with Crippen molar-refractivity contribution in [2.45, 2.75) is 78.8 Å². The highest BCUT2D eigenvalue weighted by Crippen LogP contribution is 2.39. The number of aryl methyl sites for hydroxylation is 1. The lowest BCUT2D eigenvalue weighted by molar-refractivity contribution is 0.0940. The van der Waals surface area contributed by atoms with Gasteiger partial charge < -0.3 is 45.7 Å². The number of nitrogens with two attached hydrogens (primary N) is 1. The number of ether oxygens (including phenoxy) is 3. The number of Topliss-reactive ketones (excluding diaryl/α,β-unsaturated/α-hetero) is 1. The zero-order chi connectivity index (χ0) is 52.6. The maximum atomic E-state index is 13.4. The normalized spacial score (nSPS) is 12.2. The van der Waals surface area contributed by atoms with Crippen molar-refractivity contribution in [1.29, 1.82) is 0 Å². The summed E-state index contributed by atoms with van der Waals surface area (Å²) in [6.07, 6.45) is 4.04. The lowest BCUT2D eigenvalue weighted by atomic mass is 9.98. The molecule has 0 saturated carbocycles. The number of nitrogens with one attached hydrogen (secondary N) is 2. The van der Waals surface area contributed by atoms with Crippen molar-refractivity contribution in [1.82, 2.24) is 44.5 Å². The number of fused-ring (bicyclic) bond motifs is 3. The average molecular weight is 1010 g/mol. The molecule has 7 aromatic rings. The van der Waals surface area contributed by atoms with Crippen LogP contribution in [0.3, 0.4) is 0 Å². The molecule has 74 heavy (non-hydrogen) atoms. The predicted octanol–water partition coefficient (Wildman–Crippen LogP) is 7.00. The Labute approximate surface area is 426 Å². The zero-order valence-corrected chi connectivity index (χ0v) is 42.0. The van der Waals surface area contributed by atoms with E-state index >= 15 is 0 Å². The van der Waals surface area contributed by atoms with Crippen LogP contribution in [0.2, 0.25) is 0 Å². The molecule has 0 atom stereocenters. The van der Waals surface area contributed by atoms with Crippen LogP contribution in [0.1, 0.15) is 102 Å². The summed E-state index contributed by atoms with van der Waals surface area (Å²) in [5.74, 6) is 0.676. The lowest BCUT2D eigenvalue weighted by Crippen LogP contribution is -2.40. The van der Waals surface area contributed by atoms with Gasteiger partial charge in [0.15, 0.2) is 23.1 Å². The lowest BCUT2D eigenvalue weighted by Gasteiger charge is -2.26. The fraction of sp³-hybridized carbons (Fsp3) is 0.321. The summed E-state index contributed by atoms with van der Waals surface area (Å²) in [5.41, 5.74) is 9.20. The Balaban J connectivity index is 0.849. The van der Waals surface area contributed by atoms with Crippen LogP contribution < -0.4 is 36.2 Å². The van der Waals surface area contributed by atoms with Gasteiger partial charge in [-0.1, -0.05) is 26.0 Å². The summed E-state index contributed by atoms with van der Waals surface area (Å²) in [7, 11) is 1.51. The molecule has 0 saturated heterocycles. The summed E-state index contributed by atoms with van der Waals surface area (Å²) in [5, 5.41) is 36.6. The number of aromatic nitrogens is 7. The van der Waals surface area contributed by atoms with Gasteiger partial charge in [0.25, 0.3) is 11.8 Å². The molecule has 0 fully saturated rings. The second kappa shape index (κ2) is 22.7. The van der Waals surface area contributed by atoms with E-state index in [1.54, 1.807) is 60.4 Å². The minimum atomic E-state index is -0.576. The smallest absolute Gasteiger partial charge is 0.415 e. The van der Waals surface area contributed by atoms with Crippen molar-refractivity contribution in [3.63, 3.8) is 0 Å². The molecule has 3 aromatic heterocycles. The number of amides is 3. The Morgan fingerprint density at radius 1 is 0.919 bits per heavy atom. The number of rotatable bonds is 19. The molecule has 21 heteroatoms. The molecule has 1 aliphatic rings. The van der Waals surface area contributed by atoms with Gasteiger partial charge in [0.1, 0.15) is 28.6 Å². The molecule has 1 aliphatic heterocycles. The quantitative estimate of drug-likeness (QED) is 0.0403. The molecule has 3 amide bonds. The first-order chi connectivity index (χ1) is 35.6. The van der Waals surface area contributed by atoms with Crippen LogP contribution in [0.25, 0.3) is 28.0 Å². The van der Waals surface area contributed by atoms with Crippen LogP contribution in [0, 0.1) is 0 Å². The van der Waals surface area contributed by atoms with Gasteiger partial charge in [-0.25, -0.2) is 19.7 Å². The molecule has 6 N–H and O–H groups in total. The number of phenolic OH excluding ortho intramolecular Hbond substituents is 2. The summed E-state index contributed by atoms with van der Waals surface area (Å²) in [4.78, 5) is 71.4. The molecule has 0 unspecified atom stereocenters. The molecule has 4 heterocycles. The van der Waals surface area contributed by atoms with Crippen molar-refractivity contribution in [2.24, 2.45) is 4.99 Å². The number of benzene rings is 4. The first-order valence-electron chi connectivity index (χ1n) is 24.3. The summed E-state index contributed by atoms with van der Waals surface area (Å²) in [6, 6.07) is 20.3. The highest BCUT2D eigenvalue weighted by molar-refractivity contribution is 5.98. The fourth-order valence-corrected chi connectivity index (χ4v) is 8.53. The van der Waals surface area contributed by atoms with Crippen molar-refractivity contribution < 1.29 is 43.6 Å². The van der Waals surface area contributed by atoms with Gasteiger partial charge in [0.2, 0.25) is 17.4 Å². The number of nitrogens with zero attached hydrogens (tertiary/aromatic N) is 9. The van der Waals surface area contributed by atoms with Crippen LogP contribution in [-0.4, -0.2) is 112 Å². The first kappa shape index (κ1) is 51.5.